The number of methoxy groups -OCH3 is 1. The molecule has 2 rings (SSSR count). The summed E-state index contributed by atoms with van der Waals surface area (Å²) >= 11 is 0. The molecule has 1 heterocycles. The molecule has 1 saturated carbocycles. The molecule has 5 heteroatoms. The van der Waals surface area contributed by atoms with Crippen LogP contribution in [0.4, 0.5) is 0 Å². The van der Waals surface area contributed by atoms with E-state index in [-0.39, 0.29) is 11.9 Å². The van der Waals surface area contributed by atoms with Gasteiger partial charge in [0, 0.05) is 32.9 Å². The molecular formula is C14H26N2O3. The first kappa shape index (κ1) is 14.8. The van der Waals surface area contributed by atoms with Gasteiger partial charge in [0.2, 0.25) is 5.91 Å². The van der Waals surface area contributed by atoms with Gasteiger partial charge in [-0.3, -0.25) is 4.79 Å². The molecule has 1 atom stereocenters. The van der Waals surface area contributed by atoms with E-state index in [1.54, 1.807) is 7.11 Å². The molecule has 0 bridgehead atoms. The van der Waals surface area contributed by atoms with Crippen molar-refractivity contribution in [2.45, 2.75) is 44.2 Å². The van der Waals surface area contributed by atoms with Crippen molar-refractivity contribution in [2.75, 3.05) is 33.5 Å². The van der Waals surface area contributed by atoms with Crippen molar-refractivity contribution in [3.63, 3.8) is 0 Å². The lowest BCUT2D eigenvalue weighted by Gasteiger charge is -2.39. The van der Waals surface area contributed by atoms with E-state index >= 15 is 0 Å². The van der Waals surface area contributed by atoms with Gasteiger partial charge in [-0.25, -0.2) is 0 Å². The molecule has 5 nitrogen and oxygen atoms in total. The smallest absolute Gasteiger partial charge is 0.243 e. The number of nitrogens with two attached hydrogens (primary N) is 1. The second-order valence-electron chi connectivity index (χ2n) is 5.84. The standard InChI is InChI=1S/C14H26N2O3/c1-11(12-3-4-12)16(7-10-18-2)13(17)14(15)5-8-19-9-6-14/h11-12H,3-10,15H2,1-2H3. The van der Waals surface area contributed by atoms with Gasteiger partial charge in [0.1, 0.15) is 0 Å². The van der Waals surface area contributed by atoms with Gasteiger partial charge in [-0.05, 0) is 38.5 Å². The molecule has 0 radical (unpaired) electrons. The molecule has 0 aromatic carbocycles. The number of hydrogen-bond acceptors (Lipinski definition) is 4. The van der Waals surface area contributed by atoms with Crippen molar-refractivity contribution in [2.24, 2.45) is 11.7 Å². The zero-order chi connectivity index (χ0) is 13.9. The molecular weight excluding hydrogens is 244 g/mol. The molecule has 110 valence electrons. The predicted octanol–water partition coefficient (Wildman–Crippen LogP) is 0.768. The first-order valence-electron chi connectivity index (χ1n) is 7.25. The van der Waals surface area contributed by atoms with Gasteiger partial charge in [0.25, 0.3) is 0 Å². The maximum atomic E-state index is 12.8. The van der Waals surface area contributed by atoms with E-state index in [1.165, 1.54) is 12.8 Å². The number of carbonyl (C=O) groups excluding carboxylic acids is 1. The van der Waals surface area contributed by atoms with Crippen molar-refractivity contribution in [1.29, 1.82) is 0 Å². The highest BCUT2D eigenvalue weighted by atomic mass is 16.5. The summed E-state index contributed by atoms with van der Waals surface area (Å²) in [4.78, 5) is 14.7. The van der Waals surface area contributed by atoms with Crippen molar-refractivity contribution in [1.82, 2.24) is 4.90 Å². The van der Waals surface area contributed by atoms with Crippen molar-refractivity contribution in [3.05, 3.63) is 0 Å². The lowest BCUT2D eigenvalue weighted by atomic mass is 9.89. The van der Waals surface area contributed by atoms with Crippen LogP contribution in [0, 0.1) is 5.92 Å². The molecule has 19 heavy (non-hydrogen) atoms. The van der Waals surface area contributed by atoms with Gasteiger partial charge >= 0.3 is 0 Å². The molecule has 2 N–H and O–H groups in total. The predicted molar refractivity (Wildman–Crippen MR) is 72.7 cm³/mol. The molecule has 2 fully saturated rings. The fraction of sp³-hybridized carbons (Fsp3) is 0.929. The largest absolute Gasteiger partial charge is 0.383 e. The third-order valence-electron chi connectivity index (χ3n) is 4.40. The summed E-state index contributed by atoms with van der Waals surface area (Å²) in [5.74, 6) is 0.719. The number of amides is 1. The Labute approximate surface area is 115 Å². The Kier molecular flexibility index (Phi) is 4.81. The number of hydrogen-bond donors (Lipinski definition) is 1. The summed E-state index contributed by atoms with van der Waals surface area (Å²) in [5.41, 5.74) is 5.58. The summed E-state index contributed by atoms with van der Waals surface area (Å²) in [5, 5.41) is 0. The minimum absolute atomic E-state index is 0.0762. The molecule has 1 unspecified atom stereocenters. The van der Waals surface area contributed by atoms with Gasteiger partial charge in [0.15, 0.2) is 0 Å². The van der Waals surface area contributed by atoms with E-state index < -0.39 is 5.54 Å². The topological polar surface area (TPSA) is 64.8 Å². The molecule has 0 spiro atoms. The highest BCUT2D eigenvalue weighted by molar-refractivity contribution is 5.86. The van der Waals surface area contributed by atoms with Crippen molar-refractivity contribution >= 4 is 5.91 Å². The van der Waals surface area contributed by atoms with Crippen LogP contribution >= 0.6 is 0 Å². The fourth-order valence-corrected chi connectivity index (χ4v) is 2.75. The highest BCUT2D eigenvalue weighted by Crippen LogP contribution is 2.36. The van der Waals surface area contributed by atoms with Gasteiger partial charge in [0.05, 0.1) is 12.1 Å². The van der Waals surface area contributed by atoms with E-state index in [9.17, 15) is 4.79 Å². The average molecular weight is 270 g/mol. The minimum Gasteiger partial charge on any atom is -0.383 e. The Hall–Kier alpha value is -0.650. The van der Waals surface area contributed by atoms with Crippen LogP contribution in [0.5, 0.6) is 0 Å². The van der Waals surface area contributed by atoms with Gasteiger partial charge < -0.3 is 20.1 Å². The van der Waals surface area contributed by atoms with Crippen LogP contribution in [0.15, 0.2) is 0 Å². The second kappa shape index (κ2) is 6.20. The van der Waals surface area contributed by atoms with Crippen LogP contribution in [-0.2, 0) is 14.3 Å². The zero-order valence-electron chi connectivity index (χ0n) is 12.1. The van der Waals surface area contributed by atoms with E-state index in [0.29, 0.717) is 45.1 Å². The molecule has 1 saturated heterocycles. The van der Waals surface area contributed by atoms with Crippen LogP contribution in [0.1, 0.15) is 32.6 Å². The Morgan fingerprint density at radius 3 is 2.63 bits per heavy atom. The third kappa shape index (κ3) is 3.46. The lowest BCUT2D eigenvalue weighted by Crippen LogP contribution is -2.60. The summed E-state index contributed by atoms with van der Waals surface area (Å²) < 4.78 is 10.5. The number of rotatable bonds is 6. The van der Waals surface area contributed by atoms with Crippen LogP contribution in [0.3, 0.4) is 0 Å². The van der Waals surface area contributed by atoms with Gasteiger partial charge in [-0.15, -0.1) is 0 Å². The third-order valence-corrected chi connectivity index (χ3v) is 4.40. The Morgan fingerprint density at radius 2 is 2.11 bits per heavy atom. The highest BCUT2D eigenvalue weighted by Gasteiger charge is 2.43. The molecule has 1 amide bonds. The summed E-state index contributed by atoms with van der Waals surface area (Å²) in [6.07, 6.45) is 3.68. The Morgan fingerprint density at radius 1 is 1.47 bits per heavy atom. The number of carbonyl (C=O) groups is 1. The van der Waals surface area contributed by atoms with Crippen LogP contribution in [-0.4, -0.2) is 55.9 Å². The molecule has 2 aliphatic rings. The van der Waals surface area contributed by atoms with Gasteiger partial charge in [-0.1, -0.05) is 0 Å². The normalized spacial score (nSPS) is 23.9. The monoisotopic (exact) mass is 270 g/mol. The Bertz CT molecular complexity index is 312. The molecule has 0 aromatic rings. The fourth-order valence-electron chi connectivity index (χ4n) is 2.75. The zero-order valence-corrected chi connectivity index (χ0v) is 12.1. The maximum absolute atomic E-state index is 12.8. The minimum atomic E-state index is -0.741. The summed E-state index contributed by atoms with van der Waals surface area (Å²) in [6.45, 7) is 4.49. The van der Waals surface area contributed by atoms with E-state index in [0.717, 1.165) is 0 Å². The maximum Gasteiger partial charge on any atom is 0.243 e. The molecule has 1 aliphatic carbocycles. The van der Waals surface area contributed by atoms with Gasteiger partial charge in [-0.2, -0.15) is 0 Å². The number of ether oxygens (including phenoxy) is 2. The van der Waals surface area contributed by atoms with E-state index in [1.807, 2.05) is 4.90 Å². The van der Waals surface area contributed by atoms with E-state index in [2.05, 4.69) is 6.92 Å². The first-order chi connectivity index (χ1) is 9.08. The first-order valence-corrected chi connectivity index (χ1v) is 7.25. The lowest BCUT2D eigenvalue weighted by molar-refractivity contribution is -0.143. The molecule has 0 aromatic heterocycles. The SMILES string of the molecule is COCCN(C(=O)C1(N)CCOCC1)C(C)C1CC1. The molecule has 1 aliphatic heterocycles. The van der Waals surface area contributed by atoms with Crippen LogP contribution in [0.25, 0.3) is 0 Å². The number of nitrogens with zero attached hydrogens (tertiary/aromatic N) is 1. The van der Waals surface area contributed by atoms with Crippen molar-refractivity contribution < 1.29 is 14.3 Å². The van der Waals surface area contributed by atoms with Crippen molar-refractivity contribution in [3.8, 4) is 0 Å². The Balaban J connectivity index is 2.04. The second-order valence-corrected chi connectivity index (χ2v) is 5.84. The summed E-state index contributed by atoms with van der Waals surface area (Å²) in [7, 11) is 1.66. The summed E-state index contributed by atoms with van der Waals surface area (Å²) in [6, 6.07) is 0.269. The van der Waals surface area contributed by atoms with E-state index in [4.69, 9.17) is 15.2 Å². The van der Waals surface area contributed by atoms with Crippen LogP contribution in [0.2, 0.25) is 0 Å². The van der Waals surface area contributed by atoms with Crippen LogP contribution < -0.4 is 5.73 Å². The quantitative estimate of drug-likeness (QED) is 0.774. The average Bonchev–Trinajstić information content (AvgIpc) is 3.24.